The predicted octanol–water partition coefficient (Wildman–Crippen LogP) is 1.01. The van der Waals surface area contributed by atoms with E-state index in [1.807, 2.05) is 0 Å². The van der Waals surface area contributed by atoms with Gasteiger partial charge in [-0.25, -0.2) is 4.79 Å². The van der Waals surface area contributed by atoms with Crippen LogP contribution in [0.2, 0.25) is 0 Å². The molecule has 0 spiro atoms. The Labute approximate surface area is 102 Å². The fourth-order valence-corrected chi connectivity index (χ4v) is 1.96. The molecule has 7 heteroatoms. The van der Waals surface area contributed by atoms with Gasteiger partial charge in [-0.15, -0.1) is 0 Å². The maximum absolute atomic E-state index is 11.4. The van der Waals surface area contributed by atoms with Gasteiger partial charge in [0.25, 0.3) is 0 Å². The number of carbonyl (C=O) groups excluding carboxylic acids is 1. The Hall–Kier alpha value is -1.15. The lowest BCUT2D eigenvalue weighted by Crippen LogP contribution is -2.45. The lowest BCUT2D eigenvalue weighted by atomic mass is 10.3. The van der Waals surface area contributed by atoms with Crippen molar-refractivity contribution >= 4 is 15.0 Å². The highest BCUT2D eigenvalue weighted by Gasteiger charge is 2.44. The van der Waals surface area contributed by atoms with Crippen LogP contribution in [0.1, 0.15) is 6.92 Å². The highest BCUT2D eigenvalue weighted by Crippen LogP contribution is 2.10. The summed E-state index contributed by atoms with van der Waals surface area (Å²) in [4.78, 5) is 11.4. The van der Waals surface area contributed by atoms with Gasteiger partial charge in [-0.1, -0.05) is 12.7 Å². The third-order valence-electron chi connectivity index (χ3n) is 1.78. The lowest BCUT2D eigenvalue weighted by molar-refractivity contribution is -0.137. The zero-order chi connectivity index (χ0) is 13.3. The fraction of sp³-hybridized carbons (Fsp3) is 0.500. The van der Waals surface area contributed by atoms with E-state index in [2.05, 4.69) is 6.58 Å². The summed E-state index contributed by atoms with van der Waals surface area (Å²) >= 11 is 0. The third kappa shape index (κ3) is 5.13. The molecule has 0 saturated heterocycles. The van der Waals surface area contributed by atoms with Crippen molar-refractivity contribution in [1.82, 2.24) is 0 Å². The minimum Gasteiger partial charge on any atom is -0.486 e. The Bertz CT molecular complexity index is 276. The molecule has 0 radical (unpaired) electrons. The first-order valence-corrected chi connectivity index (χ1v) is 6.46. The minimum atomic E-state index is -3.16. The average molecular weight is 262 g/mol. The summed E-state index contributed by atoms with van der Waals surface area (Å²) in [7, 11) is 1.04. The molecule has 0 aliphatic rings. The molecule has 0 bridgehead atoms. The number of ether oxygens (including phenoxy) is 1. The van der Waals surface area contributed by atoms with Crippen LogP contribution in [-0.2, 0) is 27.2 Å². The first-order chi connectivity index (χ1) is 8.05. The molecule has 0 aliphatic heterocycles. The van der Waals surface area contributed by atoms with Crippen LogP contribution in [-0.4, -0.2) is 43.0 Å². The Morgan fingerprint density at radius 1 is 1.24 bits per heavy atom. The monoisotopic (exact) mass is 262 g/mol. The zero-order valence-electron chi connectivity index (χ0n) is 10.5. The van der Waals surface area contributed by atoms with Gasteiger partial charge in [0.15, 0.2) is 0 Å². The van der Waals surface area contributed by atoms with Crippen molar-refractivity contribution in [2.75, 3.05) is 27.9 Å². The van der Waals surface area contributed by atoms with Crippen molar-refractivity contribution < 1.29 is 27.2 Å². The highest BCUT2D eigenvalue weighted by molar-refractivity contribution is 6.53. The molecule has 98 valence electrons. The van der Waals surface area contributed by atoms with E-state index in [-0.39, 0.29) is 12.2 Å². The largest absolute Gasteiger partial charge is 0.748 e. The number of carbonyl (C=O) groups is 1. The topological polar surface area (TPSA) is 63.2 Å². The molecule has 0 aromatic rings. The smallest absolute Gasteiger partial charge is 0.486 e. The second kappa shape index (κ2) is 8.01. The number of hydrogen-bond donors (Lipinski definition) is 0. The van der Waals surface area contributed by atoms with Gasteiger partial charge in [0.1, 0.15) is 6.61 Å². The number of hydrogen-bond acceptors (Lipinski definition) is 6. The second-order valence-electron chi connectivity index (χ2n) is 2.92. The SMILES string of the molecule is C=CCOC(=O)C(C)=CO[Si](OC)(OC)OC. The number of rotatable bonds is 8. The van der Waals surface area contributed by atoms with Crippen molar-refractivity contribution in [1.29, 1.82) is 0 Å². The molecule has 0 aromatic heterocycles. The highest BCUT2D eigenvalue weighted by atomic mass is 28.4. The molecule has 0 aromatic carbocycles. The van der Waals surface area contributed by atoms with E-state index < -0.39 is 15.0 Å². The van der Waals surface area contributed by atoms with Crippen molar-refractivity contribution in [3.8, 4) is 0 Å². The van der Waals surface area contributed by atoms with Crippen LogP contribution in [0.5, 0.6) is 0 Å². The number of esters is 1. The quantitative estimate of drug-likeness (QED) is 0.214. The van der Waals surface area contributed by atoms with Gasteiger partial charge in [-0.3, -0.25) is 0 Å². The van der Waals surface area contributed by atoms with Crippen LogP contribution in [0.15, 0.2) is 24.5 Å². The van der Waals surface area contributed by atoms with E-state index in [0.717, 1.165) is 0 Å². The molecule has 0 amide bonds. The van der Waals surface area contributed by atoms with E-state index in [1.165, 1.54) is 33.7 Å². The molecule has 0 atom stereocenters. The van der Waals surface area contributed by atoms with Gasteiger partial charge in [-0.2, -0.15) is 0 Å². The standard InChI is InChI=1S/C10H18O6Si/c1-6-7-15-10(11)9(2)8-16-17(12-3,13-4)14-5/h6,8H,1,7H2,2-5H3. The summed E-state index contributed by atoms with van der Waals surface area (Å²) in [6.07, 6.45) is 2.68. The third-order valence-corrected chi connectivity index (χ3v) is 3.69. The van der Waals surface area contributed by atoms with Crippen LogP contribution in [0.3, 0.4) is 0 Å². The van der Waals surface area contributed by atoms with Gasteiger partial charge in [0, 0.05) is 21.3 Å². The Kier molecular flexibility index (Phi) is 7.47. The maximum Gasteiger partial charge on any atom is 0.748 e. The van der Waals surface area contributed by atoms with E-state index >= 15 is 0 Å². The Morgan fingerprint density at radius 3 is 2.18 bits per heavy atom. The van der Waals surface area contributed by atoms with E-state index in [4.69, 9.17) is 22.4 Å². The van der Waals surface area contributed by atoms with E-state index in [0.29, 0.717) is 0 Å². The first-order valence-electron chi connectivity index (χ1n) is 4.83. The van der Waals surface area contributed by atoms with Gasteiger partial charge in [0.05, 0.1) is 11.8 Å². The summed E-state index contributed by atoms with van der Waals surface area (Å²) in [5, 5.41) is 0. The van der Waals surface area contributed by atoms with E-state index in [1.54, 1.807) is 6.92 Å². The van der Waals surface area contributed by atoms with Crippen LogP contribution in [0.4, 0.5) is 0 Å². The minimum absolute atomic E-state index is 0.144. The lowest BCUT2D eigenvalue weighted by Gasteiger charge is -2.21. The fourth-order valence-electron chi connectivity index (χ4n) is 0.851. The maximum atomic E-state index is 11.4. The molecule has 0 heterocycles. The molecule has 0 fully saturated rings. The average Bonchev–Trinajstić information content (AvgIpc) is 2.37. The summed E-state index contributed by atoms with van der Waals surface area (Å²) in [6.45, 7) is 5.13. The van der Waals surface area contributed by atoms with Crippen LogP contribution >= 0.6 is 0 Å². The molecule has 0 saturated carbocycles. The zero-order valence-corrected chi connectivity index (χ0v) is 11.5. The van der Waals surface area contributed by atoms with Gasteiger partial charge >= 0.3 is 15.0 Å². The van der Waals surface area contributed by atoms with Gasteiger partial charge in [0.2, 0.25) is 0 Å². The molecule has 0 aliphatic carbocycles. The van der Waals surface area contributed by atoms with Gasteiger partial charge < -0.3 is 22.4 Å². The van der Waals surface area contributed by atoms with Crippen LogP contribution in [0, 0.1) is 0 Å². The predicted molar refractivity (Wildman–Crippen MR) is 62.8 cm³/mol. The Balaban J connectivity index is 4.47. The van der Waals surface area contributed by atoms with Crippen molar-refractivity contribution in [2.24, 2.45) is 0 Å². The molecular weight excluding hydrogens is 244 g/mol. The van der Waals surface area contributed by atoms with Crippen LogP contribution in [0.25, 0.3) is 0 Å². The van der Waals surface area contributed by atoms with Crippen LogP contribution < -0.4 is 0 Å². The van der Waals surface area contributed by atoms with Crippen molar-refractivity contribution in [3.05, 3.63) is 24.5 Å². The van der Waals surface area contributed by atoms with Gasteiger partial charge in [-0.05, 0) is 6.92 Å². The van der Waals surface area contributed by atoms with E-state index in [9.17, 15) is 4.79 Å². The molecule has 0 rings (SSSR count). The normalized spacial score (nSPS) is 12.1. The van der Waals surface area contributed by atoms with Crippen molar-refractivity contribution in [3.63, 3.8) is 0 Å². The Morgan fingerprint density at radius 2 is 1.76 bits per heavy atom. The first kappa shape index (κ1) is 15.8. The van der Waals surface area contributed by atoms with Crippen molar-refractivity contribution in [2.45, 2.75) is 6.92 Å². The molecular formula is C10H18O6Si. The summed E-state index contributed by atoms with van der Waals surface area (Å²) in [6, 6.07) is 0. The molecule has 6 nitrogen and oxygen atoms in total. The molecule has 0 N–H and O–H groups in total. The summed E-state index contributed by atoms with van der Waals surface area (Å²) < 4.78 is 25.1. The second-order valence-corrected chi connectivity index (χ2v) is 5.38. The summed E-state index contributed by atoms with van der Waals surface area (Å²) in [5.41, 5.74) is 0.273. The molecule has 17 heavy (non-hydrogen) atoms. The molecule has 0 unspecified atom stereocenters. The summed E-state index contributed by atoms with van der Waals surface area (Å²) in [5.74, 6) is -0.504.